The molecule has 0 aromatic carbocycles. The summed E-state index contributed by atoms with van der Waals surface area (Å²) in [4.78, 5) is 14.5. The van der Waals surface area contributed by atoms with E-state index in [9.17, 15) is 4.79 Å². The molecule has 1 amide bonds. The molecule has 2 aromatic heterocycles. The van der Waals surface area contributed by atoms with Gasteiger partial charge in [0, 0.05) is 38.3 Å². The number of H-pyrrole nitrogens is 1. The van der Waals surface area contributed by atoms with Crippen molar-refractivity contribution >= 4 is 11.9 Å². The molecule has 0 unspecified atom stereocenters. The molecule has 0 aliphatic carbocycles. The van der Waals surface area contributed by atoms with E-state index in [1.807, 2.05) is 6.92 Å². The van der Waals surface area contributed by atoms with Gasteiger partial charge in [0.2, 0.25) is 11.9 Å². The lowest BCUT2D eigenvalue weighted by Gasteiger charge is -2.37. The summed E-state index contributed by atoms with van der Waals surface area (Å²) >= 11 is 0. The van der Waals surface area contributed by atoms with Gasteiger partial charge in [-0.2, -0.15) is 5.10 Å². The van der Waals surface area contributed by atoms with Gasteiger partial charge >= 0.3 is 0 Å². The summed E-state index contributed by atoms with van der Waals surface area (Å²) in [5.41, 5.74) is 3.32. The van der Waals surface area contributed by atoms with E-state index in [0.717, 1.165) is 81.4 Å². The number of hydrogen-bond acceptors (Lipinski definition) is 5. The predicted molar refractivity (Wildman–Crippen MR) is 103 cm³/mol. The Morgan fingerprint density at radius 3 is 2.48 bits per heavy atom. The Labute approximate surface area is 159 Å². The number of nitrogens with zero attached hydrogens (tertiary/aromatic N) is 5. The van der Waals surface area contributed by atoms with Crippen molar-refractivity contribution in [2.45, 2.75) is 59.4 Å². The summed E-state index contributed by atoms with van der Waals surface area (Å²) in [6, 6.07) is 0. The lowest BCUT2D eigenvalue weighted by Crippen LogP contribution is -2.44. The minimum atomic E-state index is -0.146. The summed E-state index contributed by atoms with van der Waals surface area (Å²) in [5.74, 6) is 2.21. The predicted octanol–water partition coefficient (Wildman–Crippen LogP) is 1.53. The largest absolute Gasteiger partial charge is 0.356 e. The van der Waals surface area contributed by atoms with E-state index in [-0.39, 0.29) is 11.3 Å². The zero-order valence-electron chi connectivity index (χ0n) is 16.5. The number of aromatic nitrogens is 5. The molecular weight excluding hydrogens is 342 g/mol. The number of nitrogens with one attached hydrogen (secondary N) is 2. The van der Waals surface area contributed by atoms with Crippen LogP contribution in [0.3, 0.4) is 0 Å². The number of anilines is 1. The fourth-order valence-corrected chi connectivity index (χ4v) is 4.58. The Morgan fingerprint density at radius 2 is 1.89 bits per heavy atom. The van der Waals surface area contributed by atoms with E-state index in [2.05, 4.69) is 49.0 Å². The minimum Gasteiger partial charge on any atom is -0.356 e. The Morgan fingerprint density at radius 1 is 1.11 bits per heavy atom. The third-order valence-electron chi connectivity index (χ3n) is 6.38. The van der Waals surface area contributed by atoms with Gasteiger partial charge in [-0.1, -0.05) is 0 Å². The summed E-state index contributed by atoms with van der Waals surface area (Å²) in [5, 5.41) is 19.3. The Balaban J connectivity index is 1.46. The highest BCUT2D eigenvalue weighted by Gasteiger charge is 2.44. The van der Waals surface area contributed by atoms with Crippen LogP contribution in [-0.2, 0) is 24.2 Å². The number of piperidine rings is 1. The van der Waals surface area contributed by atoms with Gasteiger partial charge in [0.1, 0.15) is 5.82 Å². The number of rotatable bonds is 5. The van der Waals surface area contributed by atoms with Gasteiger partial charge in [0.15, 0.2) is 0 Å². The van der Waals surface area contributed by atoms with Gasteiger partial charge in [-0.25, -0.2) is 0 Å². The Kier molecular flexibility index (Phi) is 4.65. The Bertz CT molecular complexity index is 810. The smallest absolute Gasteiger partial charge is 0.227 e. The molecule has 2 N–H and O–H groups in total. The third-order valence-corrected chi connectivity index (χ3v) is 6.38. The molecule has 2 aliphatic rings. The van der Waals surface area contributed by atoms with Crippen molar-refractivity contribution in [3.8, 4) is 0 Å². The van der Waals surface area contributed by atoms with Crippen LogP contribution in [0.4, 0.5) is 5.95 Å². The SMILES string of the molecule is CCn1c(CCc2c(C)n[nH]c2C)nnc1N1CCC2(CCNC2=O)CC1. The van der Waals surface area contributed by atoms with E-state index >= 15 is 0 Å². The van der Waals surface area contributed by atoms with Crippen molar-refractivity contribution in [1.82, 2.24) is 30.3 Å². The highest BCUT2D eigenvalue weighted by Crippen LogP contribution is 2.39. The average Bonchev–Trinajstić information content (AvgIpc) is 3.33. The van der Waals surface area contributed by atoms with Crippen molar-refractivity contribution in [1.29, 1.82) is 0 Å². The lowest BCUT2D eigenvalue weighted by atomic mass is 9.77. The number of amides is 1. The van der Waals surface area contributed by atoms with E-state index < -0.39 is 0 Å². The quantitative estimate of drug-likeness (QED) is 0.832. The summed E-state index contributed by atoms with van der Waals surface area (Å²) < 4.78 is 2.22. The van der Waals surface area contributed by atoms with Crippen LogP contribution in [0.1, 0.15) is 49.0 Å². The molecule has 2 aromatic rings. The molecule has 0 bridgehead atoms. The number of hydrogen-bond donors (Lipinski definition) is 2. The van der Waals surface area contributed by atoms with Crippen molar-refractivity contribution < 1.29 is 4.79 Å². The van der Waals surface area contributed by atoms with Crippen LogP contribution < -0.4 is 10.2 Å². The fraction of sp³-hybridized carbons (Fsp3) is 0.684. The maximum absolute atomic E-state index is 12.2. The zero-order valence-corrected chi connectivity index (χ0v) is 16.5. The van der Waals surface area contributed by atoms with E-state index in [1.165, 1.54) is 5.56 Å². The second-order valence-corrected chi connectivity index (χ2v) is 7.85. The first-order chi connectivity index (χ1) is 13.0. The van der Waals surface area contributed by atoms with Crippen LogP contribution in [0.15, 0.2) is 0 Å². The minimum absolute atomic E-state index is 0.146. The van der Waals surface area contributed by atoms with E-state index in [0.29, 0.717) is 0 Å². The molecule has 1 spiro atoms. The zero-order chi connectivity index (χ0) is 19.0. The first-order valence-corrected chi connectivity index (χ1v) is 10.00. The van der Waals surface area contributed by atoms with Crippen molar-refractivity contribution in [3.05, 3.63) is 22.8 Å². The maximum Gasteiger partial charge on any atom is 0.227 e. The molecule has 27 heavy (non-hydrogen) atoms. The molecule has 0 radical (unpaired) electrons. The monoisotopic (exact) mass is 371 g/mol. The van der Waals surface area contributed by atoms with Gasteiger partial charge in [0.05, 0.1) is 11.1 Å². The van der Waals surface area contributed by atoms with E-state index in [4.69, 9.17) is 0 Å². The maximum atomic E-state index is 12.2. The molecule has 8 heteroatoms. The lowest BCUT2D eigenvalue weighted by molar-refractivity contribution is -0.128. The van der Waals surface area contributed by atoms with Crippen molar-refractivity contribution in [2.75, 3.05) is 24.5 Å². The number of carbonyl (C=O) groups is 1. The highest BCUT2D eigenvalue weighted by molar-refractivity contribution is 5.85. The number of carbonyl (C=O) groups excluding carboxylic acids is 1. The molecule has 2 fully saturated rings. The summed E-state index contributed by atoms with van der Waals surface area (Å²) in [6.07, 6.45) is 4.53. The molecule has 146 valence electrons. The van der Waals surface area contributed by atoms with Crippen LogP contribution in [0, 0.1) is 19.3 Å². The van der Waals surface area contributed by atoms with E-state index in [1.54, 1.807) is 0 Å². The van der Waals surface area contributed by atoms with Crippen LogP contribution >= 0.6 is 0 Å². The topological polar surface area (TPSA) is 91.7 Å². The van der Waals surface area contributed by atoms with Crippen LogP contribution in [0.2, 0.25) is 0 Å². The van der Waals surface area contributed by atoms with Gasteiger partial charge in [-0.3, -0.25) is 14.5 Å². The Hall–Kier alpha value is -2.38. The van der Waals surface area contributed by atoms with Crippen molar-refractivity contribution in [3.63, 3.8) is 0 Å². The molecule has 4 heterocycles. The van der Waals surface area contributed by atoms with Crippen LogP contribution in [0.5, 0.6) is 0 Å². The second kappa shape index (κ2) is 6.98. The molecule has 8 nitrogen and oxygen atoms in total. The van der Waals surface area contributed by atoms with Crippen LogP contribution in [-0.4, -0.2) is 50.5 Å². The second-order valence-electron chi connectivity index (χ2n) is 7.85. The molecule has 0 atom stereocenters. The highest BCUT2D eigenvalue weighted by atomic mass is 16.2. The van der Waals surface area contributed by atoms with Crippen LogP contribution in [0.25, 0.3) is 0 Å². The standard InChI is InChI=1S/C19H29N7O/c1-4-26-16(6-5-15-13(2)21-22-14(15)3)23-24-18(26)25-11-8-19(9-12-25)7-10-20-17(19)27/h4-12H2,1-3H3,(H,20,27)(H,21,22). The summed E-state index contributed by atoms with van der Waals surface area (Å²) in [7, 11) is 0. The molecule has 2 aliphatic heterocycles. The molecular formula is C19H29N7O. The van der Waals surface area contributed by atoms with Crippen molar-refractivity contribution in [2.24, 2.45) is 5.41 Å². The molecule has 2 saturated heterocycles. The molecule has 4 rings (SSSR count). The normalized spacial score (nSPS) is 19.1. The van der Waals surface area contributed by atoms with Gasteiger partial charge in [0.25, 0.3) is 0 Å². The third kappa shape index (κ3) is 3.11. The molecule has 0 saturated carbocycles. The van der Waals surface area contributed by atoms with Gasteiger partial charge in [-0.05, 0) is 52.0 Å². The number of aryl methyl sites for hydroxylation is 3. The average molecular weight is 371 g/mol. The number of aromatic amines is 1. The first-order valence-electron chi connectivity index (χ1n) is 10.00. The fourth-order valence-electron chi connectivity index (χ4n) is 4.58. The van der Waals surface area contributed by atoms with Gasteiger partial charge in [-0.15, -0.1) is 10.2 Å². The summed E-state index contributed by atoms with van der Waals surface area (Å²) in [6.45, 7) is 9.65. The first kappa shape index (κ1) is 18.0. The van der Waals surface area contributed by atoms with Gasteiger partial charge < -0.3 is 10.2 Å².